The van der Waals surface area contributed by atoms with Crippen LogP contribution in [-0.4, -0.2) is 64.6 Å². The van der Waals surface area contributed by atoms with Gasteiger partial charge in [-0.3, -0.25) is 14.4 Å². The van der Waals surface area contributed by atoms with Gasteiger partial charge in [0.15, 0.2) is 0 Å². The topological polar surface area (TPSA) is 60.9 Å². The molecule has 0 N–H and O–H groups in total. The number of fused-ring (bicyclic) bond motifs is 2. The predicted octanol–water partition coefficient (Wildman–Crippen LogP) is 2.80. The number of carbonyl (C=O) groups is 3. The van der Waals surface area contributed by atoms with Crippen molar-refractivity contribution in [2.45, 2.75) is 31.8 Å². The van der Waals surface area contributed by atoms with E-state index in [1.807, 2.05) is 70.5 Å². The normalized spacial score (nSPS) is 25.2. The Hall–Kier alpha value is -3.15. The zero-order chi connectivity index (χ0) is 22.1. The summed E-state index contributed by atoms with van der Waals surface area (Å²) in [6, 6.07) is 18.9. The number of rotatable bonds is 4. The molecule has 3 amide bonds. The van der Waals surface area contributed by atoms with Crippen LogP contribution in [0.5, 0.6) is 0 Å². The first kappa shape index (κ1) is 20.7. The van der Waals surface area contributed by atoms with Crippen LogP contribution in [-0.2, 0) is 16.1 Å². The molecule has 5 rings (SSSR count). The van der Waals surface area contributed by atoms with Crippen LogP contribution in [0.15, 0.2) is 60.7 Å². The average molecular weight is 432 g/mol. The first-order valence-electron chi connectivity index (χ1n) is 11.5. The standard InChI is InChI=1S/C26H29N3O3/c30-24-12-11-23(29(24)18-19-7-3-1-4-8-19)26(32)28-16-20-13-21(17-28)15-27(14-20)25(31)22-9-5-2-6-10-22/h1-10,20-21,23H,11-18H2/t20?,21?,23-/m0/s1. The lowest BCUT2D eigenvalue weighted by molar-refractivity contribution is -0.144. The number of amides is 3. The summed E-state index contributed by atoms with van der Waals surface area (Å²) in [5, 5.41) is 0. The highest BCUT2D eigenvalue weighted by atomic mass is 16.2. The molecule has 3 saturated heterocycles. The Morgan fingerprint density at radius 1 is 0.812 bits per heavy atom. The molecule has 32 heavy (non-hydrogen) atoms. The summed E-state index contributed by atoms with van der Waals surface area (Å²) in [7, 11) is 0. The van der Waals surface area contributed by atoms with Gasteiger partial charge in [0.1, 0.15) is 6.04 Å². The Labute approximate surface area is 188 Å². The van der Waals surface area contributed by atoms with E-state index in [1.165, 1.54) is 0 Å². The molecule has 0 saturated carbocycles. The fraction of sp³-hybridized carbons (Fsp3) is 0.423. The third-order valence-electron chi connectivity index (χ3n) is 7.01. The lowest BCUT2D eigenvalue weighted by Crippen LogP contribution is -2.58. The van der Waals surface area contributed by atoms with Crippen molar-refractivity contribution in [3.8, 4) is 0 Å². The van der Waals surface area contributed by atoms with Crippen LogP contribution in [0.1, 0.15) is 35.2 Å². The van der Waals surface area contributed by atoms with Crippen molar-refractivity contribution in [3.05, 3.63) is 71.8 Å². The number of hydrogen-bond acceptors (Lipinski definition) is 3. The van der Waals surface area contributed by atoms with Gasteiger partial charge in [-0.25, -0.2) is 0 Å². The van der Waals surface area contributed by atoms with Gasteiger partial charge in [0, 0.05) is 44.7 Å². The molecule has 6 heteroatoms. The van der Waals surface area contributed by atoms with Gasteiger partial charge >= 0.3 is 0 Å². The number of hydrogen-bond donors (Lipinski definition) is 0. The fourth-order valence-electron chi connectivity index (χ4n) is 5.57. The minimum absolute atomic E-state index is 0.0593. The molecule has 2 unspecified atom stereocenters. The highest BCUT2D eigenvalue weighted by Gasteiger charge is 2.43. The number of nitrogens with zero attached hydrogens (tertiary/aromatic N) is 3. The Balaban J connectivity index is 1.24. The van der Waals surface area contributed by atoms with Crippen LogP contribution in [0.25, 0.3) is 0 Å². The SMILES string of the molecule is O=C(c1ccccc1)N1CC2CC(C1)CN(C(=O)[C@@H]1CCC(=O)N1Cc1ccccc1)C2. The minimum Gasteiger partial charge on any atom is -0.340 e. The van der Waals surface area contributed by atoms with Crippen molar-refractivity contribution in [3.63, 3.8) is 0 Å². The number of piperidine rings is 2. The second-order valence-electron chi connectivity index (χ2n) is 9.35. The fourth-order valence-corrected chi connectivity index (χ4v) is 5.57. The lowest BCUT2D eigenvalue weighted by Gasteiger charge is -2.46. The van der Waals surface area contributed by atoms with E-state index in [1.54, 1.807) is 4.90 Å². The molecule has 0 radical (unpaired) electrons. The van der Waals surface area contributed by atoms with Crippen LogP contribution >= 0.6 is 0 Å². The van der Waals surface area contributed by atoms with Gasteiger partial charge in [-0.05, 0) is 42.4 Å². The number of likely N-dealkylation sites (tertiary alicyclic amines) is 3. The van der Waals surface area contributed by atoms with Gasteiger partial charge < -0.3 is 14.7 Å². The zero-order valence-corrected chi connectivity index (χ0v) is 18.2. The molecule has 3 atom stereocenters. The maximum absolute atomic E-state index is 13.5. The highest BCUT2D eigenvalue weighted by Crippen LogP contribution is 2.32. The largest absolute Gasteiger partial charge is 0.340 e. The zero-order valence-electron chi connectivity index (χ0n) is 18.2. The quantitative estimate of drug-likeness (QED) is 0.748. The third-order valence-corrected chi connectivity index (χ3v) is 7.01. The first-order chi connectivity index (χ1) is 15.6. The molecule has 2 bridgehead atoms. The van der Waals surface area contributed by atoms with Crippen LogP contribution < -0.4 is 0 Å². The third kappa shape index (κ3) is 4.14. The molecule has 0 aliphatic carbocycles. The van der Waals surface area contributed by atoms with E-state index in [9.17, 15) is 14.4 Å². The van der Waals surface area contributed by atoms with Crippen molar-refractivity contribution in [2.75, 3.05) is 26.2 Å². The van der Waals surface area contributed by atoms with Gasteiger partial charge in [-0.1, -0.05) is 48.5 Å². The van der Waals surface area contributed by atoms with Gasteiger partial charge in [0.2, 0.25) is 11.8 Å². The molecular formula is C26H29N3O3. The van der Waals surface area contributed by atoms with E-state index in [0.29, 0.717) is 57.4 Å². The smallest absolute Gasteiger partial charge is 0.253 e. The van der Waals surface area contributed by atoms with E-state index < -0.39 is 0 Å². The van der Waals surface area contributed by atoms with E-state index in [4.69, 9.17) is 0 Å². The summed E-state index contributed by atoms with van der Waals surface area (Å²) in [5.41, 5.74) is 1.77. The first-order valence-corrected chi connectivity index (χ1v) is 11.5. The predicted molar refractivity (Wildman–Crippen MR) is 121 cm³/mol. The van der Waals surface area contributed by atoms with Crippen molar-refractivity contribution in [2.24, 2.45) is 11.8 Å². The van der Waals surface area contributed by atoms with Gasteiger partial charge in [-0.2, -0.15) is 0 Å². The van der Waals surface area contributed by atoms with E-state index in [0.717, 1.165) is 17.5 Å². The van der Waals surface area contributed by atoms with E-state index in [-0.39, 0.29) is 23.8 Å². The Bertz CT molecular complexity index is 980. The molecule has 2 aromatic rings. The van der Waals surface area contributed by atoms with Crippen LogP contribution in [0.2, 0.25) is 0 Å². The summed E-state index contributed by atoms with van der Waals surface area (Å²) < 4.78 is 0. The molecule has 0 aromatic heterocycles. The highest BCUT2D eigenvalue weighted by molar-refractivity contribution is 5.94. The van der Waals surface area contributed by atoms with E-state index in [2.05, 4.69) is 0 Å². The molecular weight excluding hydrogens is 402 g/mol. The van der Waals surface area contributed by atoms with Crippen molar-refractivity contribution in [1.29, 1.82) is 0 Å². The van der Waals surface area contributed by atoms with Gasteiger partial charge in [-0.15, -0.1) is 0 Å². The van der Waals surface area contributed by atoms with Crippen molar-refractivity contribution < 1.29 is 14.4 Å². The van der Waals surface area contributed by atoms with Crippen molar-refractivity contribution in [1.82, 2.24) is 14.7 Å². The Morgan fingerprint density at radius 2 is 1.41 bits per heavy atom. The second kappa shape index (κ2) is 8.77. The Kier molecular flexibility index (Phi) is 5.68. The second-order valence-corrected chi connectivity index (χ2v) is 9.35. The van der Waals surface area contributed by atoms with Crippen LogP contribution in [0.4, 0.5) is 0 Å². The van der Waals surface area contributed by atoms with Crippen LogP contribution in [0.3, 0.4) is 0 Å². The molecule has 6 nitrogen and oxygen atoms in total. The molecule has 3 fully saturated rings. The summed E-state index contributed by atoms with van der Waals surface area (Å²) >= 11 is 0. The Morgan fingerprint density at radius 3 is 2.06 bits per heavy atom. The monoisotopic (exact) mass is 431 g/mol. The maximum atomic E-state index is 13.5. The minimum atomic E-state index is -0.372. The van der Waals surface area contributed by atoms with Crippen LogP contribution in [0, 0.1) is 11.8 Å². The molecule has 0 spiro atoms. The van der Waals surface area contributed by atoms with E-state index >= 15 is 0 Å². The maximum Gasteiger partial charge on any atom is 0.253 e. The molecule has 166 valence electrons. The number of carbonyl (C=O) groups excluding carboxylic acids is 3. The van der Waals surface area contributed by atoms with Crippen molar-refractivity contribution >= 4 is 17.7 Å². The van der Waals surface area contributed by atoms with Gasteiger partial charge in [0.25, 0.3) is 5.91 Å². The average Bonchev–Trinajstić information content (AvgIpc) is 3.18. The summed E-state index contributed by atoms with van der Waals surface area (Å²) in [6.07, 6.45) is 2.08. The molecule has 3 aliphatic heterocycles. The molecule has 2 aromatic carbocycles. The number of benzene rings is 2. The molecule has 3 heterocycles. The summed E-state index contributed by atoms with van der Waals surface area (Å²) in [4.78, 5) is 44.6. The summed E-state index contributed by atoms with van der Waals surface area (Å²) in [6.45, 7) is 3.18. The van der Waals surface area contributed by atoms with Gasteiger partial charge in [0.05, 0.1) is 0 Å². The molecule has 3 aliphatic rings. The lowest BCUT2D eigenvalue weighted by atomic mass is 9.84. The summed E-state index contributed by atoms with van der Waals surface area (Å²) in [5.74, 6) is 0.793.